The Morgan fingerprint density at radius 3 is 2.64 bits per heavy atom. The van der Waals surface area contributed by atoms with Crippen LogP contribution in [0.1, 0.15) is 42.4 Å². The molecule has 0 radical (unpaired) electrons. The molecule has 0 aliphatic heterocycles. The molecule has 0 aliphatic rings. The fraction of sp³-hybridized carbons (Fsp3) is 0.455. The van der Waals surface area contributed by atoms with Gasteiger partial charge >= 0.3 is 0 Å². The average molecular weight is 193 g/mol. The van der Waals surface area contributed by atoms with E-state index in [0.717, 1.165) is 12.1 Å². The van der Waals surface area contributed by atoms with Gasteiger partial charge in [0.1, 0.15) is 0 Å². The number of carbonyl (C=O) groups is 1. The summed E-state index contributed by atoms with van der Waals surface area (Å²) in [4.78, 5) is 22.3. The van der Waals surface area contributed by atoms with Crippen LogP contribution in [0, 0.1) is 6.92 Å². The van der Waals surface area contributed by atoms with E-state index in [-0.39, 0.29) is 17.2 Å². The Morgan fingerprint density at radius 1 is 1.50 bits per heavy atom. The molecule has 1 heterocycles. The summed E-state index contributed by atoms with van der Waals surface area (Å²) in [5.74, 6) is 0. The van der Waals surface area contributed by atoms with Crippen molar-refractivity contribution in [3.05, 3.63) is 33.7 Å². The maximum Gasteiger partial charge on any atom is 0.261 e. The molecule has 1 rings (SSSR count). The highest BCUT2D eigenvalue weighted by atomic mass is 16.1. The van der Waals surface area contributed by atoms with Crippen LogP contribution < -0.4 is 5.56 Å². The van der Waals surface area contributed by atoms with Gasteiger partial charge in [0.15, 0.2) is 6.29 Å². The highest BCUT2D eigenvalue weighted by Crippen LogP contribution is 2.10. The molecule has 0 spiro atoms. The van der Waals surface area contributed by atoms with E-state index in [2.05, 4.69) is 0 Å². The lowest BCUT2D eigenvalue weighted by molar-refractivity contribution is 0.112. The van der Waals surface area contributed by atoms with Crippen molar-refractivity contribution in [1.29, 1.82) is 0 Å². The standard InChI is InChI=1S/C11H15NO2/c1-4-8(2)12-9(3)5-6-10(7-13)11(12)14/h5-8H,4H2,1-3H3. The third-order valence-corrected chi connectivity index (χ3v) is 2.51. The number of carbonyl (C=O) groups excluding carboxylic acids is 1. The van der Waals surface area contributed by atoms with E-state index >= 15 is 0 Å². The van der Waals surface area contributed by atoms with Gasteiger partial charge in [-0.05, 0) is 32.4 Å². The monoisotopic (exact) mass is 193 g/mol. The Labute approximate surface area is 83.4 Å². The SMILES string of the molecule is CCC(C)n1c(C)ccc(C=O)c1=O. The highest BCUT2D eigenvalue weighted by molar-refractivity contribution is 5.73. The molecule has 3 nitrogen and oxygen atoms in total. The van der Waals surface area contributed by atoms with E-state index in [4.69, 9.17) is 0 Å². The number of aldehydes is 1. The minimum absolute atomic E-state index is 0.141. The molecule has 1 aromatic rings. The van der Waals surface area contributed by atoms with Crippen molar-refractivity contribution in [1.82, 2.24) is 4.57 Å². The number of rotatable bonds is 3. The molecule has 0 aromatic carbocycles. The molecule has 14 heavy (non-hydrogen) atoms. The predicted molar refractivity (Wildman–Crippen MR) is 55.8 cm³/mol. The Kier molecular flexibility index (Phi) is 3.23. The first-order valence-corrected chi connectivity index (χ1v) is 4.79. The quantitative estimate of drug-likeness (QED) is 0.688. The minimum atomic E-state index is -0.186. The highest BCUT2D eigenvalue weighted by Gasteiger charge is 2.09. The molecule has 0 saturated heterocycles. The average Bonchev–Trinajstić information content (AvgIpc) is 2.18. The second-order valence-corrected chi connectivity index (χ2v) is 3.48. The number of hydrogen-bond donors (Lipinski definition) is 0. The van der Waals surface area contributed by atoms with Gasteiger partial charge in [-0.2, -0.15) is 0 Å². The molecule has 0 amide bonds. The van der Waals surface area contributed by atoms with Crippen LogP contribution in [0.15, 0.2) is 16.9 Å². The Hall–Kier alpha value is -1.38. The van der Waals surface area contributed by atoms with Crippen molar-refractivity contribution in [2.75, 3.05) is 0 Å². The van der Waals surface area contributed by atoms with E-state index in [0.29, 0.717) is 6.29 Å². The van der Waals surface area contributed by atoms with Crippen LogP contribution in [-0.2, 0) is 0 Å². The lowest BCUT2D eigenvalue weighted by Gasteiger charge is -2.16. The lowest BCUT2D eigenvalue weighted by Crippen LogP contribution is -2.27. The van der Waals surface area contributed by atoms with E-state index in [1.54, 1.807) is 16.7 Å². The molecule has 1 aromatic heterocycles. The predicted octanol–water partition coefficient (Wildman–Crippen LogP) is 1.94. The summed E-state index contributed by atoms with van der Waals surface area (Å²) in [6, 6.07) is 3.52. The Morgan fingerprint density at radius 2 is 2.14 bits per heavy atom. The van der Waals surface area contributed by atoms with Crippen LogP contribution in [0.5, 0.6) is 0 Å². The van der Waals surface area contributed by atoms with Gasteiger partial charge in [0, 0.05) is 11.7 Å². The summed E-state index contributed by atoms with van der Waals surface area (Å²) < 4.78 is 1.67. The summed E-state index contributed by atoms with van der Waals surface area (Å²) in [6.45, 7) is 5.87. The third-order valence-electron chi connectivity index (χ3n) is 2.51. The van der Waals surface area contributed by atoms with Gasteiger partial charge < -0.3 is 4.57 Å². The summed E-state index contributed by atoms with van der Waals surface area (Å²) in [6.07, 6.45) is 1.49. The number of pyridine rings is 1. The maximum absolute atomic E-state index is 11.8. The van der Waals surface area contributed by atoms with Gasteiger partial charge in [-0.15, -0.1) is 0 Å². The molecule has 3 heteroatoms. The van der Waals surface area contributed by atoms with Crippen LogP contribution in [0.3, 0.4) is 0 Å². The zero-order chi connectivity index (χ0) is 10.7. The Balaban J connectivity index is 3.40. The number of aromatic nitrogens is 1. The molecule has 1 atom stereocenters. The second kappa shape index (κ2) is 4.22. The van der Waals surface area contributed by atoms with Gasteiger partial charge in [-0.25, -0.2) is 0 Å². The normalized spacial score (nSPS) is 12.5. The number of hydrogen-bond acceptors (Lipinski definition) is 2. The van der Waals surface area contributed by atoms with Crippen LogP contribution in [0.4, 0.5) is 0 Å². The molecule has 0 bridgehead atoms. The second-order valence-electron chi connectivity index (χ2n) is 3.48. The lowest BCUT2D eigenvalue weighted by atomic mass is 10.2. The zero-order valence-electron chi connectivity index (χ0n) is 8.78. The molecule has 76 valence electrons. The molecule has 1 unspecified atom stereocenters. The molecular formula is C11H15NO2. The van der Waals surface area contributed by atoms with Crippen LogP contribution in [0.2, 0.25) is 0 Å². The maximum atomic E-state index is 11.8. The van der Waals surface area contributed by atoms with Gasteiger partial charge in [0.25, 0.3) is 5.56 Å². The third kappa shape index (κ3) is 1.76. The van der Waals surface area contributed by atoms with Crippen molar-refractivity contribution in [2.45, 2.75) is 33.2 Å². The summed E-state index contributed by atoms with van der Waals surface area (Å²) in [5.41, 5.74) is 0.945. The van der Waals surface area contributed by atoms with Gasteiger partial charge in [-0.1, -0.05) is 6.92 Å². The van der Waals surface area contributed by atoms with Crippen molar-refractivity contribution < 1.29 is 4.79 Å². The zero-order valence-corrected chi connectivity index (χ0v) is 8.78. The van der Waals surface area contributed by atoms with Gasteiger partial charge in [0.2, 0.25) is 0 Å². The number of nitrogens with zero attached hydrogens (tertiary/aromatic N) is 1. The largest absolute Gasteiger partial charge is 0.310 e. The first-order chi connectivity index (χ1) is 6.61. The summed E-state index contributed by atoms with van der Waals surface area (Å²) >= 11 is 0. The van der Waals surface area contributed by atoms with Crippen LogP contribution >= 0.6 is 0 Å². The van der Waals surface area contributed by atoms with E-state index in [9.17, 15) is 9.59 Å². The molecule has 0 aliphatic carbocycles. The van der Waals surface area contributed by atoms with Crippen molar-refractivity contribution >= 4 is 6.29 Å². The summed E-state index contributed by atoms with van der Waals surface area (Å²) in [5, 5.41) is 0. The smallest absolute Gasteiger partial charge is 0.261 e. The fourth-order valence-corrected chi connectivity index (χ4v) is 1.48. The van der Waals surface area contributed by atoms with E-state index in [1.165, 1.54) is 0 Å². The number of aryl methyl sites for hydroxylation is 1. The van der Waals surface area contributed by atoms with E-state index in [1.807, 2.05) is 20.8 Å². The van der Waals surface area contributed by atoms with Gasteiger partial charge in [-0.3, -0.25) is 9.59 Å². The minimum Gasteiger partial charge on any atom is -0.310 e. The fourth-order valence-electron chi connectivity index (χ4n) is 1.48. The Bertz CT molecular complexity index is 393. The van der Waals surface area contributed by atoms with Gasteiger partial charge in [0.05, 0.1) is 5.56 Å². The first-order valence-electron chi connectivity index (χ1n) is 4.79. The molecular weight excluding hydrogens is 178 g/mol. The first kappa shape index (κ1) is 10.7. The topological polar surface area (TPSA) is 39.1 Å². The molecule has 0 fully saturated rings. The van der Waals surface area contributed by atoms with Crippen molar-refractivity contribution in [2.24, 2.45) is 0 Å². The van der Waals surface area contributed by atoms with Crippen LogP contribution in [0.25, 0.3) is 0 Å². The summed E-state index contributed by atoms with van der Waals surface area (Å²) in [7, 11) is 0. The molecule has 0 N–H and O–H groups in total. The van der Waals surface area contributed by atoms with Crippen LogP contribution in [-0.4, -0.2) is 10.9 Å². The molecule has 0 saturated carbocycles. The van der Waals surface area contributed by atoms with Crippen molar-refractivity contribution in [3.8, 4) is 0 Å². The van der Waals surface area contributed by atoms with Crippen molar-refractivity contribution in [3.63, 3.8) is 0 Å². The van der Waals surface area contributed by atoms with E-state index < -0.39 is 0 Å².